The molecular weight excluding hydrogens is 433 g/mol. The smallest absolute Gasteiger partial charge is 0.214 e. The maximum atomic E-state index is 13.3. The van der Waals surface area contributed by atoms with Crippen LogP contribution in [0.2, 0.25) is 0 Å². The zero-order chi connectivity index (χ0) is 25.0. The van der Waals surface area contributed by atoms with Crippen LogP contribution in [0.3, 0.4) is 0 Å². The molecule has 0 aromatic carbocycles. The number of aliphatic imine (C=N–C) groups is 1. The summed E-state index contributed by atoms with van der Waals surface area (Å²) in [4.78, 5) is 19.2. The predicted molar refractivity (Wildman–Crippen MR) is 136 cm³/mol. The normalized spacial score (nSPS) is 25.1. The maximum Gasteiger partial charge on any atom is 0.214 e. The summed E-state index contributed by atoms with van der Waals surface area (Å²) >= 11 is 0. The molecule has 1 saturated carbocycles. The van der Waals surface area contributed by atoms with Gasteiger partial charge in [-0.2, -0.15) is 4.39 Å². The number of carbonyl (C=O) groups excluding carboxylic acids is 1. The van der Waals surface area contributed by atoms with Gasteiger partial charge in [0, 0.05) is 42.6 Å². The minimum absolute atomic E-state index is 0.0354. The van der Waals surface area contributed by atoms with Crippen LogP contribution in [0.1, 0.15) is 45.4 Å². The van der Waals surface area contributed by atoms with Crippen molar-refractivity contribution in [2.24, 2.45) is 22.2 Å². The summed E-state index contributed by atoms with van der Waals surface area (Å²) < 4.78 is 13.3. The molecule has 1 aromatic rings. The minimum atomic E-state index is -0.650. The number of nitrogens with one attached hydrogen (secondary N) is 2. The Morgan fingerprint density at radius 2 is 2.09 bits per heavy atom. The second-order valence-electron chi connectivity index (χ2n) is 8.52. The first-order valence-electron chi connectivity index (χ1n) is 11.8. The van der Waals surface area contributed by atoms with Gasteiger partial charge >= 0.3 is 0 Å². The Labute approximate surface area is 201 Å². The van der Waals surface area contributed by atoms with Crippen molar-refractivity contribution < 1.29 is 9.18 Å². The topological polar surface area (TPSA) is 144 Å². The highest BCUT2D eigenvalue weighted by molar-refractivity contribution is 6.13. The number of amidine groups is 1. The van der Waals surface area contributed by atoms with Crippen molar-refractivity contribution in [3.8, 4) is 0 Å². The Kier molecular flexibility index (Phi) is 11.1. The van der Waals surface area contributed by atoms with Crippen LogP contribution in [0.25, 0.3) is 0 Å². The number of hydrogen-bond donors (Lipinski definition) is 5. The molecule has 1 aromatic heterocycles. The fourth-order valence-corrected chi connectivity index (χ4v) is 4.11. The van der Waals surface area contributed by atoms with E-state index in [1.165, 1.54) is 24.9 Å². The van der Waals surface area contributed by atoms with E-state index in [4.69, 9.17) is 11.5 Å². The first-order chi connectivity index (χ1) is 16.4. The van der Waals surface area contributed by atoms with Crippen molar-refractivity contribution in [2.45, 2.75) is 63.1 Å². The Hall–Kier alpha value is -2.88. The number of aldehydes is 1. The lowest BCUT2D eigenvalue weighted by Crippen LogP contribution is -2.49. The van der Waals surface area contributed by atoms with Crippen LogP contribution in [0.5, 0.6) is 0 Å². The summed E-state index contributed by atoms with van der Waals surface area (Å²) in [5.74, 6) is -0.614. The first kappa shape index (κ1) is 27.4. The molecule has 1 fully saturated rings. The fourth-order valence-electron chi connectivity index (χ4n) is 4.11. The van der Waals surface area contributed by atoms with Crippen molar-refractivity contribution in [1.29, 1.82) is 0 Å². The third-order valence-electron chi connectivity index (χ3n) is 6.34. The van der Waals surface area contributed by atoms with E-state index in [1.54, 1.807) is 6.20 Å². The molecule has 0 aliphatic heterocycles. The summed E-state index contributed by atoms with van der Waals surface area (Å²) in [7, 11) is 1.50. The van der Waals surface area contributed by atoms with Crippen molar-refractivity contribution >= 4 is 17.8 Å². The van der Waals surface area contributed by atoms with E-state index < -0.39 is 5.95 Å². The predicted octanol–water partition coefficient (Wildman–Crippen LogP) is 2.35. The van der Waals surface area contributed by atoms with Crippen molar-refractivity contribution in [3.63, 3.8) is 0 Å². The molecule has 0 saturated heterocycles. The molecule has 1 atom stereocenters. The lowest BCUT2D eigenvalue weighted by Gasteiger charge is -2.40. The van der Waals surface area contributed by atoms with E-state index in [9.17, 15) is 9.18 Å². The standard InChI is InChI=1S/C24H33FN6O.CH5N/c1-2-24(10-7-20(8-11-24)29-14-17-3-5-19(26)6-4-17)30-15-18(16-32)23(27)31-21-9-12-28-22(25)13-21;1-2/h3-5,9,12-13,15-16,19-20,29-30H,2,6-8,10-11,14,26H2,1H3,(H2,27,28,31);2H2,1H3/b18-15-;. The van der Waals surface area contributed by atoms with Gasteiger partial charge in [-0.1, -0.05) is 25.2 Å². The largest absolute Gasteiger partial charge is 0.385 e. The summed E-state index contributed by atoms with van der Waals surface area (Å²) in [6.07, 6.45) is 15.9. The van der Waals surface area contributed by atoms with E-state index in [1.807, 2.05) is 0 Å². The fraction of sp³-hybridized carbons (Fsp3) is 0.480. The van der Waals surface area contributed by atoms with Gasteiger partial charge in [-0.3, -0.25) is 4.79 Å². The van der Waals surface area contributed by atoms with Crippen LogP contribution in [0.4, 0.5) is 10.1 Å². The number of nitrogens with zero attached hydrogens (tertiary/aromatic N) is 2. The second kappa shape index (κ2) is 13.7. The van der Waals surface area contributed by atoms with Gasteiger partial charge in [-0.25, -0.2) is 9.98 Å². The molecule has 9 heteroatoms. The highest BCUT2D eigenvalue weighted by Crippen LogP contribution is 2.31. The van der Waals surface area contributed by atoms with Gasteiger partial charge in [-0.15, -0.1) is 0 Å². The Balaban J connectivity index is 0.00000199. The van der Waals surface area contributed by atoms with Crippen molar-refractivity contribution in [3.05, 3.63) is 59.9 Å². The molecular formula is C25H38FN7O. The van der Waals surface area contributed by atoms with Gasteiger partial charge < -0.3 is 27.8 Å². The molecule has 186 valence electrons. The third-order valence-corrected chi connectivity index (χ3v) is 6.34. The first-order valence-corrected chi connectivity index (χ1v) is 11.8. The van der Waals surface area contributed by atoms with Gasteiger partial charge in [0.2, 0.25) is 5.95 Å². The number of halogens is 1. The molecule has 34 heavy (non-hydrogen) atoms. The van der Waals surface area contributed by atoms with Gasteiger partial charge in [0.1, 0.15) is 5.84 Å². The monoisotopic (exact) mass is 471 g/mol. The van der Waals surface area contributed by atoms with E-state index in [0.717, 1.165) is 51.1 Å². The summed E-state index contributed by atoms with van der Waals surface area (Å²) in [6.45, 7) is 3.01. The zero-order valence-corrected chi connectivity index (χ0v) is 20.1. The van der Waals surface area contributed by atoms with Crippen molar-refractivity contribution in [2.75, 3.05) is 13.6 Å². The molecule has 2 aliphatic carbocycles. The van der Waals surface area contributed by atoms with Crippen LogP contribution in [-0.4, -0.2) is 48.3 Å². The molecule has 0 spiro atoms. The highest BCUT2D eigenvalue weighted by Gasteiger charge is 2.33. The number of nitrogens with two attached hydrogens (primary N) is 3. The average molecular weight is 472 g/mol. The Bertz CT molecular complexity index is 918. The van der Waals surface area contributed by atoms with Crippen LogP contribution >= 0.6 is 0 Å². The van der Waals surface area contributed by atoms with Gasteiger partial charge in [0.15, 0.2) is 6.29 Å². The quantitative estimate of drug-likeness (QED) is 0.122. The summed E-state index contributed by atoms with van der Waals surface area (Å²) in [5.41, 5.74) is 18.1. The number of pyridine rings is 1. The Morgan fingerprint density at radius 1 is 1.35 bits per heavy atom. The Morgan fingerprint density at radius 3 is 2.68 bits per heavy atom. The molecule has 2 aliphatic rings. The van der Waals surface area contributed by atoms with Gasteiger partial charge in [0.05, 0.1) is 11.3 Å². The van der Waals surface area contributed by atoms with Crippen LogP contribution in [0, 0.1) is 5.95 Å². The summed E-state index contributed by atoms with van der Waals surface area (Å²) in [5, 5.41) is 7.10. The lowest BCUT2D eigenvalue weighted by molar-refractivity contribution is -0.104. The molecule has 0 amide bonds. The molecule has 8 N–H and O–H groups in total. The average Bonchev–Trinajstić information content (AvgIpc) is 2.86. The van der Waals surface area contributed by atoms with Gasteiger partial charge in [-0.05, 0) is 57.2 Å². The molecule has 3 rings (SSSR count). The number of carbonyl (C=O) groups is 1. The number of rotatable bonds is 9. The van der Waals surface area contributed by atoms with Gasteiger partial charge in [0.25, 0.3) is 0 Å². The number of aromatic nitrogens is 1. The van der Waals surface area contributed by atoms with E-state index >= 15 is 0 Å². The molecule has 0 radical (unpaired) electrons. The van der Waals surface area contributed by atoms with E-state index in [2.05, 4.69) is 51.5 Å². The second-order valence-corrected chi connectivity index (χ2v) is 8.52. The molecule has 1 unspecified atom stereocenters. The molecule has 8 nitrogen and oxygen atoms in total. The lowest BCUT2D eigenvalue weighted by atomic mass is 9.77. The zero-order valence-electron chi connectivity index (χ0n) is 20.1. The molecule has 0 bridgehead atoms. The van der Waals surface area contributed by atoms with E-state index in [-0.39, 0.29) is 23.0 Å². The highest BCUT2D eigenvalue weighted by atomic mass is 19.1. The maximum absolute atomic E-state index is 13.3. The van der Waals surface area contributed by atoms with Crippen LogP contribution < -0.4 is 27.8 Å². The van der Waals surface area contributed by atoms with Crippen LogP contribution in [0.15, 0.2) is 58.9 Å². The summed E-state index contributed by atoms with van der Waals surface area (Å²) in [6, 6.07) is 3.29. The van der Waals surface area contributed by atoms with E-state index in [0.29, 0.717) is 18.0 Å². The van der Waals surface area contributed by atoms with Crippen molar-refractivity contribution in [1.82, 2.24) is 15.6 Å². The third kappa shape index (κ3) is 8.16. The molecule has 1 heterocycles. The number of hydrogen-bond acceptors (Lipinski definition) is 7. The van der Waals surface area contributed by atoms with Crippen LogP contribution in [-0.2, 0) is 4.79 Å². The SMILES string of the molecule is CCC1(N/C=C(/C=O)C(N)=Nc2ccnc(F)c2)CCC(NCC2=CCC(N)C=C2)CC1.CN. The minimum Gasteiger partial charge on any atom is -0.385 e.